The number of halogens is 1. The number of hydrogen-bond donors (Lipinski definition) is 3. The Morgan fingerprint density at radius 2 is 2.04 bits per heavy atom. The van der Waals surface area contributed by atoms with E-state index < -0.39 is 0 Å². The molecule has 0 saturated carbocycles. The van der Waals surface area contributed by atoms with Gasteiger partial charge < -0.3 is 15.7 Å². The summed E-state index contributed by atoms with van der Waals surface area (Å²) < 4.78 is 1.88. The summed E-state index contributed by atoms with van der Waals surface area (Å²) in [5.74, 6) is 0.0519. The topological polar surface area (TPSA) is 79.2 Å². The van der Waals surface area contributed by atoms with E-state index in [1.165, 1.54) is 0 Å². The molecule has 7 heteroatoms. The summed E-state index contributed by atoms with van der Waals surface area (Å²) in [6.07, 6.45) is -0.0737. The summed E-state index contributed by atoms with van der Waals surface area (Å²) in [5, 5.41) is 20.4. The van der Waals surface area contributed by atoms with Crippen molar-refractivity contribution in [2.45, 2.75) is 26.4 Å². The second kappa shape index (κ2) is 8.47. The molecule has 1 amide bonds. The molecular formula is C18H25ClN4O2. The number of nitrogens with zero attached hydrogens (tertiary/aromatic N) is 2. The van der Waals surface area contributed by atoms with E-state index in [-0.39, 0.29) is 30.3 Å². The van der Waals surface area contributed by atoms with Crippen LogP contribution in [0.15, 0.2) is 30.3 Å². The third-order valence-corrected chi connectivity index (χ3v) is 4.64. The van der Waals surface area contributed by atoms with Crippen molar-refractivity contribution in [1.82, 2.24) is 20.4 Å². The summed E-state index contributed by atoms with van der Waals surface area (Å²) in [6.45, 7) is 5.76. The van der Waals surface area contributed by atoms with Crippen LogP contribution in [0.3, 0.4) is 0 Å². The van der Waals surface area contributed by atoms with Crippen molar-refractivity contribution in [2.75, 3.05) is 19.6 Å². The number of nitrogens with one attached hydrogen (secondary N) is 2. The van der Waals surface area contributed by atoms with E-state index in [4.69, 9.17) is 0 Å². The SMILES string of the molecule is Cc1nn(-c2ccccc2)c(C)c1CC(=O)NCC1CNCC1O.Cl. The summed E-state index contributed by atoms with van der Waals surface area (Å²) in [5.41, 5.74) is 3.80. The first-order valence-corrected chi connectivity index (χ1v) is 8.32. The molecule has 1 aromatic carbocycles. The van der Waals surface area contributed by atoms with Crippen molar-refractivity contribution >= 4 is 18.3 Å². The average Bonchev–Trinajstić information content (AvgIpc) is 3.11. The lowest BCUT2D eigenvalue weighted by Crippen LogP contribution is -2.35. The maximum Gasteiger partial charge on any atom is 0.224 e. The highest BCUT2D eigenvalue weighted by Crippen LogP contribution is 2.18. The van der Waals surface area contributed by atoms with Crippen molar-refractivity contribution in [3.8, 4) is 5.69 Å². The minimum Gasteiger partial charge on any atom is -0.391 e. The normalized spacial score (nSPS) is 19.5. The van der Waals surface area contributed by atoms with Gasteiger partial charge in [-0.15, -0.1) is 12.4 Å². The predicted molar refractivity (Wildman–Crippen MR) is 99.4 cm³/mol. The number of aliphatic hydroxyl groups excluding tert-OH is 1. The van der Waals surface area contributed by atoms with Gasteiger partial charge in [0.15, 0.2) is 0 Å². The van der Waals surface area contributed by atoms with Crippen LogP contribution in [0, 0.1) is 19.8 Å². The van der Waals surface area contributed by atoms with Crippen LogP contribution in [0.4, 0.5) is 0 Å². The molecular weight excluding hydrogens is 340 g/mol. The molecule has 6 nitrogen and oxygen atoms in total. The third-order valence-electron chi connectivity index (χ3n) is 4.64. The van der Waals surface area contributed by atoms with Gasteiger partial charge in [-0.05, 0) is 26.0 Å². The zero-order chi connectivity index (χ0) is 17.1. The van der Waals surface area contributed by atoms with Crippen LogP contribution in [0.1, 0.15) is 17.0 Å². The minimum absolute atomic E-state index is 0. The highest BCUT2D eigenvalue weighted by molar-refractivity contribution is 5.85. The number of carbonyl (C=O) groups excluding carboxylic acids is 1. The Morgan fingerprint density at radius 3 is 2.68 bits per heavy atom. The maximum absolute atomic E-state index is 12.3. The molecule has 0 bridgehead atoms. The van der Waals surface area contributed by atoms with Gasteiger partial charge in [-0.1, -0.05) is 18.2 Å². The largest absolute Gasteiger partial charge is 0.391 e. The Kier molecular flexibility index (Phi) is 6.58. The van der Waals surface area contributed by atoms with E-state index >= 15 is 0 Å². The van der Waals surface area contributed by atoms with E-state index in [1.54, 1.807) is 0 Å². The van der Waals surface area contributed by atoms with Crippen LogP contribution in [0.5, 0.6) is 0 Å². The first-order valence-electron chi connectivity index (χ1n) is 8.32. The molecule has 2 atom stereocenters. The number of aliphatic hydroxyl groups is 1. The molecule has 0 aliphatic carbocycles. The third kappa shape index (κ3) is 4.39. The van der Waals surface area contributed by atoms with Crippen molar-refractivity contribution in [1.29, 1.82) is 0 Å². The van der Waals surface area contributed by atoms with Crippen LogP contribution >= 0.6 is 12.4 Å². The Balaban J connectivity index is 0.00000225. The van der Waals surface area contributed by atoms with Crippen LogP contribution in [0.25, 0.3) is 5.69 Å². The van der Waals surface area contributed by atoms with Gasteiger partial charge in [-0.3, -0.25) is 4.79 Å². The molecule has 1 aliphatic heterocycles. The number of β-amino-alcohol motifs (C(OH)–C–C–N with tert-alkyl or cyclic N) is 1. The molecule has 25 heavy (non-hydrogen) atoms. The van der Waals surface area contributed by atoms with E-state index in [2.05, 4.69) is 15.7 Å². The average molecular weight is 365 g/mol. The summed E-state index contributed by atoms with van der Waals surface area (Å²) >= 11 is 0. The Bertz CT molecular complexity index is 717. The highest BCUT2D eigenvalue weighted by Gasteiger charge is 2.25. The molecule has 1 saturated heterocycles. The predicted octanol–water partition coefficient (Wildman–Crippen LogP) is 1.15. The summed E-state index contributed by atoms with van der Waals surface area (Å²) in [4.78, 5) is 12.3. The van der Waals surface area contributed by atoms with Gasteiger partial charge in [-0.25, -0.2) is 4.68 Å². The van der Waals surface area contributed by atoms with E-state index in [9.17, 15) is 9.90 Å². The lowest BCUT2D eigenvalue weighted by atomic mass is 10.1. The molecule has 2 unspecified atom stereocenters. The van der Waals surface area contributed by atoms with Gasteiger partial charge in [0.2, 0.25) is 5.91 Å². The van der Waals surface area contributed by atoms with Gasteiger partial charge in [-0.2, -0.15) is 5.10 Å². The van der Waals surface area contributed by atoms with Gasteiger partial charge in [0.05, 0.1) is 23.9 Å². The number of para-hydroxylation sites is 1. The van der Waals surface area contributed by atoms with E-state index in [0.29, 0.717) is 19.5 Å². The quantitative estimate of drug-likeness (QED) is 0.743. The molecule has 0 spiro atoms. The molecule has 3 rings (SSSR count). The monoisotopic (exact) mass is 364 g/mol. The fourth-order valence-electron chi connectivity index (χ4n) is 3.15. The fourth-order valence-corrected chi connectivity index (χ4v) is 3.15. The number of hydrogen-bond acceptors (Lipinski definition) is 4. The van der Waals surface area contributed by atoms with Crippen molar-refractivity contribution in [2.24, 2.45) is 5.92 Å². The molecule has 2 heterocycles. The zero-order valence-electron chi connectivity index (χ0n) is 14.5. The lowest BCUT2D eigenvalue weighted by Gasteiger charge is -2.14. The molecule has 0 radical (unpaired) electrons. The number of carbonyl (C=O) groups is 1. The molecule has 2 aromatic rings. The Labute approximate surface area is 154 Å². The zero-order valence-corrected chi connectivity index (χ0v) is 15.3. The van der Waals surface area contributed by atoms with E-state index in [1.807, 2.05) is 48.9 Å². The number of aromatic nitrogens is 2. The summed E-state index contributed by atoms with van der Waals surface area (Å²) in [6, 6.07) is 9.91. The summed E-state index contributed by atoms with van der Waals surface area (Å²) in [7, 11) is 0. The fraction of sp³-hybridized carbons (Fsp3) is 0.444. The van der Waals surface area contributed by atoms with Crippen LogP contribution in [-0.2, 0) is 11.2 Å². The first-order chi connectivity index (χ1) is 11.6. The number of benzene rings is 1. The first kappa shape index (κ1) is 19.4. The van der Waals surface area contributed by atoms with Crippen LogP contribution in [-0.4, -0.2) is 46.5 Å². The highest BCUT2D eigenvalue weighted by atomic mass is 35.5. The lowest BCUT2D eigenvalue weighted by molar-refractivity contribution is -0.120. The second-order valence-electron chi connectivity index (χ2n) is 6.36. The second-order valence-corrected chi connectivity index (χ2v) is 6.36. The Hall–Kier alpha value is -1.89. The van der Waals surface area contributed by atoms with Gasteiger partial charge in [0, 0.05) is 36.8 Å². The van der Waals surface area contributed by atoms with Crippen molar-refractivity contribution in [3.63, 3.8) is 0 Å². The standard InChI is InChI=1S/C18H24N4O2.ClH/c1-12-16(8-18(24)20-10-14-9-19-11-17(14)23)13(2)22(21-12)15-6-4-3-5-7-15;/h3-7,14,17,19,23H,8-11H2,1-2H3,(H,20,24);1H. The molecule has 1 aromatic heterocycles. The number of rotatable bonds is 5. The minimum atomic E-state index is -0.380. The number of aryl methyl sites for hydroxylation is 1. The smallest absolute Gasteiger partial charge is 0.224 e. The molecule has 3 N–H and O–H groups in total. The van der Waals surface area contributed by atoms with Crippen LogP contribution in [0.2, 0.25) is 0 Å². The van der Waals surface area contributed by atoms with Gasteiger partial charge in [0.1, 0.15) is 0 Å². The van der Waals surface area contributed by atoms with Gasteiger partial charge >= 0.3 is 0 Å². The van der Waals surface area contributed by atoms with Crippen LogP contribution < -0.4 is 10.6 Å². The number of amides is 1. The van der Waals surface area contributed by atoms with Crippen molar-refractivity contribution < 1.29 is 9.90 Å². The van der Waals surface area contributed by atoms with E-state index in [0.717, 1.165) is 29.2 Å². The molecule has 1 fully saturated rings. The maximum atomic E-state index is 12.3. The van der Waals surface area contributed by atoms with Gasteiger partial charge in [0.25, 0.3) is 0 Å². The Morgan fingerprint density at radius 1 is 1.32 bits per heavy atom. The molecule has 1 aliphatic rings. The van der Waals surface area contributed by atoms with Crippen molar-refractivity contribution in [3.05, 3.63) is 47.3 Å². The molecule has 136 valence electrons.